The third-order valence-electron chi connectivity index (χ3n) is 3.17. The van der Waals surface area contributed by atoms with E-state index in [0.717, 1.165) is 12.3 Å². The van der Waals surface area contributed by atoms with Crippen molar-refractivity contribution in [2.75, 3.05) is 18.1 Å². The van der Waals surface area contributed by atoms with Crippen LogP contribution in [-0.4, -0.2) is 37.5 Å². The van der Waals surface area contributed by atoms with E-state index < -0.39 is 21.7 Å². The summed E-state index contributed by atoms with van der Waals surface area (Å²) in [6.07, 6.45) is 0.954. The largest absolute Gasteiger partial charge is 0.337 e. The minimum atomic E-state index is -3.63. The van der Waals surface area contributed by atoms with Crippen LogP contribution in [0, 0.1) is 12.7 Å². The van der Waals surface area contributed by atoms with Crippen molar-refractivity contribution in [1.29, 1.82) is 0 Å². The van der Waals surface area contributed by atoms with Gasteiger partial charge in [-0.3, -0.25) is 5.32 Å². The van der Waals surface area contributed by atoms with Crippen molar-refractivity contribution in [2.45, 2.75) is 24.0 Å². The molecule has 1 aromatic carbocycles. The van der Waals surface area contributed by atoms with Crippen LogP contribution in [0.5, 0.6) is 0 Å². The van der Waals surface area contributed by atoms with Gasteiger partial charge in [-0.15, -0.1) is 0 Å². The summed E-state index contributed by atoms with van der Waals surface area (Å²) in [7, 11) is -3.63. The summed E-state index contributed by atoms with van der Waals surface area (Å²) in [5.41, 5.74) is 1.10. The number of hydrogen-bond acceptors (Lipinski definition) is 6. The average molecular weight is 404 g/mol. The van der Waals surface area contributed by atoms with Crippen molar-refractivity contribution in [3.63, 3.8) is 0 Å². The Bertz CT molecular complexity index is 895. The van der Waals surface area contributed by atoms with Crippen LogP contribution < -0.4 is 10.6 Å². The summed E-state index contributed by atoms with van der Waals surface area (Å²) in [5.74, 6) is -0.817. The molecule has 0 fully saturated rings. The van der Waals surface area contributed by atoms with Crippen LogP contribution in [-0.2, 0) is 9.84 Å². The summed E-state index contributed by atoms with van der Waals surface area (Å²) in [4.78, 5) is 16.3. The van der Waals surface area contributed by atoms with Crippen LogP contribution in [0.25, 0.3) is 10.4 Å². The van der Waals surface area contributed by atoms with Crippen molar-refractivity contribution in [3.8, 4) is 10.4 Å². The number of sulfone groups is 1. The fourth-order valence-corrected chi connectivity index (χ4v) is 3.82. The van der Waals surface area contributed by atoms with Crippen LogP contribution >= 0.6 is 24.0 Å². The van der Waals surface area contributed by atoms with E-state index in [2.05, 4.69) is 28.2 Å². The van der Waals surface area contributed by atoms with Crippen molar-refractivity contribution < 1.29 is 17.6 Å². The number of rotatable bonds is 5. The second-order valence-electron chi connectivity index (χ2n) is 5.53. The van der Waals surface area contributed by atoms with Gasteiger partial charge < -0.3 is 5.32 Å². The molecule has 0 spiro atoms. The Labute approximate surface area is 155 Å². The lowest BCUT2D eigenvalue weighted by atomic mass is 10.1. The Balaban J connectivity index is 2.23. The Morgan fingerprint density at radius 3 is 2.68 bits per heavy atom. The second-order valence-corrected chi connectivity index (χ2v) is 9.40. The summed E-state index contributed by atoms with van der Waals surface area (Å²) >= 11 is 5.35. The van der Waals surface area contributed by atoms with Gasteiger partial charge in [-0.25, -0.2) is 22.6 Å². The molecule has 0 aliphatic heterocycles. The minimum absolute atomic E-state index is 0.0238. The maximum atomic E-state index is 14.1. The van der Waals surface area contributed by atoms with Gasteiger partial charge in [0.15, 0.2) is 15.0 Å². The maximum Gasteiger partial charge on any atom is 0.321 e. The van der Waals surface area contributed by atoms with E-state index in [-0.39, 0.29) is 10.1 Å². The maximum absolute atomic E-state index is 14.1. The van der Waals surface area contributed by atoms with Gasteiger partial charge in [0, 0.05) is 18.1 Å². The molecule has 10 heteroatoms. The number of nitrogens with zero attached hydrogens (tertiary/aromatic N) is 1. The van der Waals surface area contributed by atoms with E-state index >= 15 is 0 Å². The van der Waals surface area contributed by atoms with Gasteiger partial charge in [-0.2, -0.15) is 12.6 Å². The average Bonchev–Trinajstić information content (AvgIpc) is 2.84. The number of aromatic nitrogens is 1. The summed E-state index contributed by atoms with van der Waals surface area (Å²) in [6, 6.07) is 3.50. The molecule has 2 amide bonds. The number of aryl methyl sites for hydroxylation is 1. The number of thiol groups is 1. The number of urea groups is 1. The molecule has 1 unspecified atom stereocenters. The lowest BCUT2D eigenvalue weighted by Crippen LogP contribution is -2.32. The summed E-state index contributed by atoms with van der Waals surface area (Å²) in [5, 5.41) is 5.65. The number of hydrogen-bond donors (Lipinski definition) is 3. The molecule has 2 aromatic rings. The standard InChI is InChI=1S/C15H18FN3O3S3/c1-8(23)7-17-14(20)19-15-18-9(2)13(24-15)10-4-5-12(11(16)6-10)25(3,21)22/h4-6,8,23H,7H2,1-3H3,(H2,17,18,19,20). The summed E-state index contributed by atoms with van der Waals surface area (Å²) in [6.45, 7) is 3.99. The van der Waals surface area contributed by atoms with E-state index in [1.165, 1.54) is 23.5 Å². The highest BCUT2D eigenvalue weighted by atomic mass is 32.2. The zero-order chi connectivity index (χ0) is 18.8. The molecule has 25 heavy (non-hydrogen) atoms. The second kappa shape index (κ2) is 7.71. The smallest absolute Gasteiger partial charge is 0.321 e. The van der Waals surface area contributed by atoms with E-state index in [4.69, 9.17) is 0 Å². The van der Waals surface area contributed by atoms with Gasteiger partial charge in [0.25, 0.3) is 0 Å². The molecule has 2 rings (SSSR count). The van der Waals surface area contributed by atoms with Gasteiger partial charge in [0.1, 0.15) is 10.7 Å². The molecule has 136 valence electrons. The molecular weight excluding hydrogens is 385 g/mol. The van der Waals surface area contributed by atoms with Gasteiger partial charge in [0.2, 0.25) is 0 Å². The number of amides is 2. The predicted molar refractivity (Wildman–Crippen MR) is 101 cm³/mol. The van der Waals surface area contributed by atoms with Crippen molar-refractivity contribution in [1.82, 2.24) is 10.3 Å². The number of benzene rings is 1. The zero-order valence-electron chi connectivity index (χ0n) is 13.8. The van der Waals surface area contributed by atoms with Crippen molar-refractivity contribution >= 4 is 45.0 Å². The SMILES string of the molecule is Cc1nc(NC(=O)NCC(C)S)sc1-c1ccc(S(C)(=O)=O)c(F)c1. The van der Waals surface area contributed by atoms with Crippen LogP contribution in [0.4, 0.5) is 14.3 Å². The Morgan fingerprint density at radius 2 is 2.12 bits per heavy atom. The lowest BCUT2D eigenvalue weighted by molar-refractivity contribution is 0.252. The molecular formula is C15H18FN3O3S3. The monoisotopic (exact) mass is 403 g/mol. The van der Waals surface area contributed by atoms with Crippen molar-refractivity contribution in [2.24, 2.45) is 0 Å². The fraction of sp³-hybridized carbons (Fsp3) is 0.333. The number of carbonyl (C=O) groups is 1. The van der Waals surface area contributed by atoms with Crippen molar-refractivity contribution in [3.05, 3.63) is 29.7 Å². The molecule has 0 aliphatic rings. The molecule has 0 saturated carbocycles. The normalized spacial score (nSPS) is 12.7. The number of nitrogens with one attached hydrogen (secondary N) is 2. The van der Waals surface area contributed by atoms with E-state index in [1.54, 1.807) is 6.92 Å². The van der Waals surface area contributed by atoms with Crippen LogP contribution in [0.1, 0.15) is 12.6 Å². The van der Waals surface area contributed by atoms with Crippen LogP contribution in [0.2, 0.25) is 0 Å². The lowest BCUT2D eigenvalue weighted by Gasteiger charge is -2.06. The molecule has 0 aliphatic carbocycles. The third kappa shape index (κ3) is 5.16. The van der Waals surface area contributed by atoms with Gasteiger partial charge in [-0.05, 0) is 24.6 Å². The highest BCUT2D eigenvalue weighted by Gasteiger charge is 2.17. The molecule has 1 atom stereocenters. The van der Waals surface area contributed by atoms with E-state index in [9.17, 15) is 17.6 Å². The Hall–Kier alpha value is -1.65. The molecule has 0 saturated heterocycles. The molecule has 1 heterocycles. The van der Waals surface area contributed by atoms with Crippen LogP contribution in [0.15, 0.2) is 23.1 Å². The first-order valence-electron chi connectivity index (χ1n) is 7.28. The highest BCUT2D eigenvalue weighted by molar-refractivity contribution is 7.90. The molecule has 0 radical (unpaired) electrons. The number of carbonyl (C=O) groups excluding carboxylic acids is 1. The van der Waals surface area contributed by atoms with E-state index in [1.807, 2.05) is 6.92 Å². The quantitative estimate of drug-likeness (QED) is 0.670. The van der Waals surface area contributed by atoms with Gasteiger partial charge in [0.05, 0.1) is 10.6 Å². The first-order valence-corrected chi connectivity index (χ1v) is 10.5. The Morgan fingerprint density at radius 1 is 1.44 bits per heavy atom. The first kappa shape index (κ1) is 19.7. The Kier molecular flexibility index (Phi) is 6.07. The fourth-order valence-electron chi connectivity index (χ4n) is 2.04. The van der Waals surface area contributed by atoms with E-state index in [0.29, 0.717) is 27.8 Å². The molecule has 1 aromatic heterocycles. The number of anilines is 1. The van der Waals surface area contributed by atoms with Gasteiger partial charge in [-0.1, -0.05) is 24.3 Å². The predicted octanol–water partition coefficient (Wildman–Crippen LogP) is 3.10. The summed E-state index contributed by atoms with van der Waals surface area (Å²) < 4.78 is 37.1. The highest BCUT2D eigenvalue weighted by Crippen LogP contribution is 2.34. The number of halogens is 1. The molecule has 2 N–H and O–H groups in total. The van der Waals surface area contributed by atoms with Gasteiger partial charge >= 0.3 is 6.03 Å². The molecule has 6 nitrogen and oxygen atoms in total. The van der Waals surface area contributed by atoms with Crippen LogP contribution in [0.3, 0.4) is 0 Å². The molecule has 0 bridgehead atoms. The first-order chi connectivity index (χ1) is 11.6. The number of thiazole rings is 1. The topological polar surface area (TPSA) is 88.2 Å². The zero-order valence-corrected chi connectivity index (χ0v) is 16.4. The minimum Gasteiger partial charge on any atom is -0.337 e. The third-order valence-corrected chi connectivity index (χ3v) is 5.60.